The summed E-state index contributed by atoms with van der Waals surface area (Å²) in [4.78, 5) is 33.8. The highest BCUT2D eigenvalue weighted by Crippen LogP contribution is 2.26. The molecule has 2 N–H and O–H groups in total. The Balaban J connectivity index is 1.74. The monoisotopic (exact) mass is 396 g/mol. The Morgan fingerprint density at radius 1 is 0.900 bits per heavy atom. The molecule has 148 valence electrons. The third-order valence-corrected chi connectivity index (χ3v) is 4.90. The molecule has 0 bridgehead atoms. The molecular formula is C24H20N4O2. The number of aromatic nitrogens is 2. The zero-order valence-corrected chi connectivity index (χ0v) is 16.6. The average molecular weight is 396 g/mol. The predicted molar refractivity (Wildman–Crippen MR) is 117 cm³/mol. The summed E-state index contributed by atoms with van der Waals surface area (Å²) in [7, 11) is 1.59. The molecule has 0 fully saturated rings. The number of carbonyl (C=O) groups excluding carboxylic acids is 2. The third-order valence-electron chi connectivity index (χ3n) is 4.90. The van der Waals surface area contributed by atoms with E-state index in [4.69, 9.17) is 4.98 Å². The van der Waals surface area contributed by atoms with Crippen LogP contribution in [0.15, 0.2) is 73.1 Å². The van der Waals surface area contributed by atoms with Crippen LogP contribution in [0.5, 0.6) is 0 Å². The van der Waals surface area contributed by atoms with Crippen LogP contribution in [0.1, 0.15) is 26.3 Å². The number of amides is 2. The summed E-state index contributed by atoms with van der Waals surface area (Å²) in [5.74, 6) is -0.405. The van der Waals surface area contributed by atoms with Crippen LogP contribution in [0.3, 0.4) is 0 Å². The summed E-state index contributed by atoms with van der Waals surface area (Å²) in [6.07, 6.45) is 3.40. The van der Waals surface area contributed by atoms with Crippen LogP contribution in [-0.4, -0.2) is 28.8 Å². The van der Waals surface area contributed by atoms with Gasteiger partial charge in [-0.15, -0.1) is 0 Å². The van der Waals surface area contributed by atoms with E-state index in [0.29, 0.717) is 22.5 Å². The van der Waals surface area contributed by atoms with Crippen molar-refractivity contribution >= 4 is 28.4 Å². The van der Waals surface area contributed by atoms with Crippen LogP contribution >= 0.6 is 0 Å². The van der Waals surface area contributed by atoms with Crippen molar-refractivity contribution in [3.8, 4) is 11.3 Å². The first-order chi connectivity index (χ1) is 14.6. The topological polar surface area (TPSA) is 84.0 Å². The van der Waals surface area contributed by atoms with E-state index < -0.39 is 0 Å². The highest BCUT2D eigenvalue weighted by Gasteiger charge is 2.15. The minimum absolute atomic E-state index is 0.168. The van der Waals surface area contributed by atoms with E-state index in [1.807, 2.05) is 43.3 Å². The maximum Gasteiger partial charge on any atom is 0.256 e. The highest BCUT2D eigenvalue weighted by molar-refractivity contribution is 6.13. The molecule has 0 spiro atoms. The van der Waals surface area contributed by atoms with Crippen LogP contribution in [0.4, 0.5) is 5.69 Å². The standard InChI is InChI=1S/C24H20N4O2/c1-15-13-17(23(29)25-2)7-8-20(15)28-24(30)19-14-22(16-9-11-26-12-10-16)27-21-6-4-3-5-18(19)21/h3-14H,1-2H3,(H,25,29)(H,28,30). The van der Waals surface area contributed by atoms with Gasteiger partial charge in [-0.1, -0.05) is 18.2 Å². The highest BCUT2D eigenvalue weighted by atomic mass is 16.2. The van der Waals surface area contributed by atoms with Gasteiger partial charge in [0.15, 0.2) is 0 Å². The molecule has 0 unspecified atom stereocenters. The first kappa shape index (κ1) is 19.3. The minimum Gasteiger partial charge on any atom is -0.355 e. The van der Waals surface area contributed by atoms with Gasteiger partial charge in [0.25, 0.3) is 11.8 Å². The summed E-state index contributed by atoms with van der Waals surface area (Å²) in [6.45, 7) is 1.86. The van der Waals surface area contributed by atoms with E-state index in [1.165, 1.54) is 0 Å². The second-order valence-electron chi connectivity index (χ2n) is 6.87. The summed E-state index contributed by atoms with van der Waals surface area (Å²) < 4.78 is 0. The van der Waals surface area contributed by atoms with Gasteiger partial charge in [0.05, 0.1) is 16.8 Å². The second kappa shape index (κ2) is 8.13. The lowest BCUT2D eigenvalue weighted by Gasteiger charge is -2.13. The number of fused-ring (bicyclic) bond motifs is 1. The molecule has 4 aromatic rings. The van der Waals surface area contributed by atoms with Crippen LogP contribution in [-0.2, 0) is 0 Å². The molecule has 0 saturated heterocycles. The number of anilines is 1. The SMILES string of the molecule is CNC(=O)c1ccc(NC(=O)c2cc(-c3ccncc3)nc3ccccc23)c(C)c1. The molecule has 2 aromatic heterocycles. The Labute approximate surface area is 174 Å². The van der Waals surface area contributed by atoms with Gasteiger partial charge >= 0.3 is 0 Å². The van der Waals surface area contributed by atoms with Crippen molar-refractivity contribution in [3.05, 3.63) is 89.7 Å². The number of nitrogens with one attached hydrogen (secondary N) is 2. The lowest BCUT2D eigenvalue weighted by Crippen LogP contribution is -2.18. The quantitative estimate of drug-likeness (QED) is 0.541. The van der Waals surface area contributed by atoms with Crippen molar-refractivity contribution in [2.45, 2.75) is 6.92 Å². The van der Waals surface area contributed by atoms with Crippen molar-refractivity contribution in [2.75, 3.05) is 12.4 Å². The average Bonchev–Trinajstić information content (AvgIpc) is 2.79. The molecule has 2 aromatic carbocycles. The van der Waals surface area contributed by atoms with Gasteiger partial charge in [0.1, 0.15) is 0 Å². The second-order valence-corrected chi connectivity index (χ2v) is 6.87. The summed E-state index contributed by atoms with van der Waals surface area (Å²) in [6, 6.07) is 18.3. The lowest BCUT2D eigenvalue weighted by atomic mass is 10.0. The Hall–Kier alpha value is -4.06. The van der Waals surface area contributed by atoms with Crippen molar-refractivity contribution in [1.29, 1.82) is 0 Å². The lowest BCUT2D eigenvalue weighted by molar-refractivity contribution is 0.0962. The fraction of sp³-hybridized carbons (Fsp3) is 0.0833. The first-order valence-electron chi connectivity index (χ1n) is 9.51. The molecule has 6 nitrogen and oxygen atoms in total. The molecule has 0 radical (unpaired) electrons. The molecule has 2 heterocycles. The van der Waals surface area contributed by atoms with E-state index in [2.05, 4.69) is 15.6 Å². The third kappa shape index (κ3) is 3.75. The molecule has 0 aliphatic heterocycles. The molecule has 0 atom stereocenters. The van der Waals surface area contributed by atoms with E-state index in [9.17, 15) is 9.59 Å². The fourth-order valence-corrected chi connectivity index (χ4v) is 3.31. The zero-order valence-electron chi connectivity index (χ0n) is 16.6. The maximum absolute atomic E-state index is 13.2. The number of para-hydroxylation sites is 1. The van der Waals surface area contributed by atoms with Crippen molar-refractivity contribution in [1.82, 2.24) is 15.3 Å². The molecule has 0 saturated carbocycles. The number of hydrogen-bond donors (Lipinski definition) is 2. The van der Waals surface area contributed by atoms with E-state index in [0.717, 1.165) is 22.0 Å². The van der Waals surface area contributed by atoms with Crippen LogP contribution < -0.4 is 10.6 Å². The van der Waals surface area contributed by atoms with Gasteiger partial charge in [0.2, 0.25) is 0 Å². The van der Waals surface area contributed by atoms with Crippen molar-refractivity contribution in [2.24, 2.45) is 0 Å². The van der Waals surface area contributed by atoms with Gasteiger partial charge in [-0.3, -0.25) is 14.6 Å². The summed E-state index contributed by atoms with van der Waals surface area (Å²) in [5.41, 5.74) is 4.85. The number of benzene rings is 2. The van der Waals surface area contributed by atoms with Gasteiger partial charge in [0, 0.05) is 41.6 Å². The van der Waals surface area contributed by atoms with Crippen LogP contribution in [0.25, 0.3) is 22.2 Å². The van der Waals surface area contributed by atoms with Crippen molar-refractivity contribution < 1.29 is 9.59 Å². The zero-order chi connectivity index (χ0) is 21.1. The summed E-state index contributed by atoms with van der Waals surface area (Å²) in [5, 5.41) is 6.34. The van der Waals surface area contributed by atoms with Gasteiger partial charge < -0.3 is 10.6 Å². The van der Waals surface area contributed by atoms with E-state index in [-0.39, 0.29) is 11.8 Å². The fourth-order valence-electron chi connectivity index (χ4n) is 3.31. The Kier molecular flexibility index (Phi) is 5.22. The molecule has 0 aliphatic rings. The molecule has 2 amide bonds. The smallest absolute Gasteiger partial charge is 0.256 e. The van der Waals surface area contributed by atoms with Gasteiger partial charge in [-0.25, -0.2) is 4.98 Å². The number of rotatable bonds is 4. The van der Waals surface area contributed by atoms with Crippen molar-refractivity contribution in [3.63, 3.8) is 0 Å². The van der Waals surface area contributed by atoms with Crippen LogP contribution in [0.2, 0.25) is 0 Å². The number of hydrogen-bond acceptors (Lipinski definition) is 4. The molecular weight excluding hydrogens is 376 g/mol. The first-order valence-corrected chi connectivity index (χ1v) is 9.51. The predicted octanol–water partition coefficient (Wildman–Crippen LogP) is 4.22. The molecule has 0 aliphatic carbocycles. The Bertz CT molecular complexity index is 1250. The van der Waals surface area contributed by atoms with Gasteiger partial charge in [-0.05, 0) is 55.0 Å². The van der Waals surface area contributed by atoms with E-state index in [1.54, 1.807) is 43.7 Å². The van der Waals surface area contributed by atoms with Gasteiger partial charge in [-0.2, -0.15) is 0 Å². The normalized spacial score (nSPS) is 10.6. The Morgan fingerprint density at radius 2 is 1.67 bits per heavy atom. The Morgan fingerprint density at radius 3 is 2.40 bits per heavy atom. The number of nitrogens with zero attached hydrogens (tertiary/aromatic N) is 2. The number of carbonyl (C=O) groups is 2. The molecule has 30 heavy (non-hydrogen) atoms. The van der Waals surface area contributed by atoms with Crippen LogP contribution in [0, 0.1) is 6.92 Å². The minimum atomic E-state index is -0.236. The number of pyridine rings is 2. The number of aryl methyl sites for hydroxylation is 1. The maximum atomic E-state index is 13.2. The molecule has 6 heteroatoms. The largest absolute Gasteiger partial charge is 0.355 e. The van der Waals surface area contributed by atoms with E-state index >= 15 is 0 Å². The molecule has 4 rings (SSSR count). The summed E-state index contributed by atoms with van der Waals surface area (Å²) >= 11 is 0.